The summed E-state index contributed by atoms with van der Waals surface area (Å²) >= 11 is 1.58. The zero-order chi connectivity index (χ0) is 12.3. The van der Waals surface area contributed by atoms with E-state index in [1.54, 1.807) is 11.3 Å². The van der Waals surface area contributed by atoms with E-state index >= 15 is 0 Å². The van der Waals surface area contributed by atoms with Crippen molar-refractivity contribution in [2.45, 2.75) is 19.3 Å². The second-order valence-corrected chi connectivity index (χ2v) is 5.05. The highest BCUT2D eigenvalue weighted by atomic mass is 35.5. The lowest BCUT2D eigenvalue weighted by atomic mass is 9.97. The van der Waals surface area contributed by atoms with E-state index < -0.39 is 0 Å². The molecule has 2 aromatic rings. The molecular formula is C13H20ClN3OS. The molecule has 1 heterocycles. The van der Waals surface area contributed by atoms with Gasteiger partial charge in [-0.1, -0.05) is 37.3 Å². The van der Waals surface area contributed by atoms with Crippen molar-refractivity contribution in [1.82, 2.24) is 4.57 Å². The molecule has 1 aromatic heterocycles. The lowest BCUT2D eigenvalue weighted by molar-refractivity contribution is 0.689. The molecule has 4 N–H and O–H groups in total. The van der Waals surface area contributed by atoms with Gasteiger partial charge < -0.3 is 15.9 Å². The van der Waals surface area contributed by atoms with Crippen LogP contribution >= 0.6 is 23.7 Å². The summed E-state index contributed by atoms with van der Waals surface area (Å²) in [6.07, 6.45) is 1.01. The van der Waals surface area contributed by atoms with Gasteiger partial charge in [-0.05, 0) is 17.9 Å². The van der Waals surface area contributed by atoms with Crippen LogP contribution in [0, 0.1) is 0 Å². The molecule has 0 spiro atoms. The van der Waals surface area contributed by atoms with E-state index in [0.29, 0.717) is 5.92 Å². The Morgan fingerprint density at radius 3 is 2.47 bits per heavy atom. The number of benzene rings is 1. The minimum atomic E-state index is 0. The van der Waals surface area contributed by atoms with Gasteiger partial charge in [-0.15, -0.1) is 23.7 Å². The van der Waals surface area contributed by atoms with Crippen molar-refractivity contribution in [3.8, 4) is 0 Å². The van der Waals surface area contributed by atoms with Gasteiger partial charge in [-0.2, -0.15) is 5.10 Å². The van der Waals surface area contributed by atoms with Crippen LogP contribution in [0.2, 0.25) is 0 Å². The van der Waals surface area contributed by atoms with Crippen molar-refractivity contribution in [2.24, 2.45) is 18.0 Å². The maximum Gasteiger partial charge on any atom is 0.207 e. The molecule has 2 rings (SSSR count). The smallest absolute Gasteiger partial charge is 0.207 e. The molecule has 0 aliphatic heterocycles. The van der Waals surface area contributed by atoms with Crippen molar-refractivity contribution in [1.29, 1.82) is 0 Å². The van der Waals surface area contributed by atoms with Crippen LogP contribution < -0.4 is 10.6 Å². The first-order valence-electron chi connectivity index (χ1n) is 5.64. The van der Waals surface area contributed by atoms with Gasteiger partial charge in [0, 0.05) is 18.1 Å². The van der Waals surface area contributed by atoms with E-state index in [1.807, 2.05) is 13.1 Å². The van der Waals surface area contributed by atoms with Gasteiger partial charge in [0.25, 0.3) is 0 Å². The van der Waals surface area contributed by atoms with Crippen LogP contribution in [-0.2, 0) is 13.5 Å². The van der Waals surface area contributed by atoms with Crippen molar-refractivity contribution in [3.05, 3.63) is 51.8 Å². The quantitative estimate of drug-likeness (QED) is 0.681. The van der Waals surface area contributed by atoms with E-state index in [0.717, 1.165) is 11.2 Å². The Balaban J connectivity index is 0.00000162. The zero-order valence-corrected chi connectivity index (χ0v) is 12.7. The standard InChI is InChI=1S/C13H17N3S.ClH.H2O/c1-10(11-6-4-3-5-7-11)8-12-9-17-13(15-14)16(12)2;;/h3-7,9-10H,8,14H2,1-2H3;1H;1H2. The van der Waals surface area contributed by atoms with Crippen LogP contribution in [-0.4, -0.2) is 10.0 Å². The SMILES string of the molecule is CC(Cc1csc(=NN)n1C)c1ccccc1.Cl.O. The van der Waals surface area contributed by atoms with Crippen LogP contribution in [0.1, 0.15) is 24.1 Å². The first-order valence-corrected chi connectivity index (χ1v) is 6.52. The molecule has 1 aromatic carbocycles. The van der Waals surface area contributed by atoms with Crippen LogP contribution in [0.15, 0.2) is 40.8 Å². The summed E-state index contributed by atoms with van der Waals surface area (Å²) in [4.78, 5) is 0.861. The van der Waals surface area contributed by atoms with Crippen LogP contribution in [0.3, 0.4) is 0 Å². The topological polar surface area (TPSA) is 74.8 Å². The largest absolute Gasteiger partial charge is 0.412 e. The molecule has 0 saturated heterocycles. The molecule has 0 amide bonds. The average molecular weight is 302 g/mol. The second kappa shape index (κ2) is 7.99. The fourth-order valence-electron chi connectivity index (χ4n) is 1.92. The molecule has 19 heavy (non-hydrogen) atoms. The number of thiazole rings is 1. The maximum atomic E-state index is 5.32. The Hall–Kier alpha value is -1.30. The fraction of sp³-hybridized carbons (Fsp3) is 0.308. The molecule has 0 radical (unpaired) electrons. The second-order valence-electron chi connectivity index (χ2n) is 4.21. The summed E-state index contributed by atoms with van der Waals surface area (Å²) in [5.74, 6) is 5.82. The van der Waals surface area contributed by atoms with Gasteiger partial charge in [0.15, 0.2) is 0 Å². The summed E-state index contributed by atoms with van der Waals surface area (Å²) < 4.78 is 2.06. The third-order valence-corrected chi connectivity index (χ3v) is 3.99. The van der Waals surface area contributed by atoms with Crippen molar-refractivity contribution < 1.29 is 5.48 Å². The van der Waals surface area contributed by atoms with E-state index in [9.17, 15) is 0 Å². The lowest BCUT2D eigenvalue weighted by Crippen LogP contribution is -2.16. The number of nitrogens with two attached hydrogens (primary N) is 1. The highest BCUT2D eigenvalue weighted by molar-refractivity contribution is 7.07. The van der Waals surface area contributed by atoms with Gasteiger partial charge in [-0.3, -0.25) is 0 Å². The van der Waals surface area contributed by atoms with Crippen LogP contribution in [0.25, 0.3) is 0 Å². The van der Waals surface area contributed by atoms with Gasteiger partial charge >= 0.3 is 0 Å². The molecule has 6 heteroatoms. The van der Waals surface area contributed by atoms with Gasteiger partial charge in [0.05, 0.1) is 0 Å². The third kappa shape index (κ3) is 4.09. The maximum absolute atomic E-state index is 5.32. The minimum Gasteiger partial charge on any atom is -0.412 e. The molecule has 4 nitrogen and oxygen atoms in total. The number of hydrogen-bond donors (Lipinski definition) is 1. The highest BCUT2D eigenvalue weighted by Gasteiger charge is 2.09. The van der Waals surface area contributed by atoms with E-state index in [1.165, 1.54) is 11.3 Å². The summed E-state index contributed by atoms with van der Waals surface area (Å²) in [5, 5.41) is 5.88. The molecule has 1 atom stereocenters. The first kappa shape index (κ1) is 17.7. The predicted octanol–water partition coefficient (Wildman–Crippen LogP) is 1.80. The molecule has 106 valence electrons. The summed E-state index contributed by atoms with van der Waals surface area (Å²) in [6, 6.07) is 10.6. The Morgan fingerprint density at radius 2 is 1.95 bits per heavy atom. The number of hydrogen-bond acceptors (Lipinski definition) is 3. The van der Waals surface area contributed by atoms with Gasteiger partial charge in [-0.25, -0.2) is 0 Å². The van der Waals surface area contributed by atoms with Crippen LogP contribution in [0.4, 0.5) is 0 Å². The normalized spacial score (nSPS) is 12.4. The summed E-state index contributed by atoms with van der Waals surface area (Å²) in [5.41, 5.74) is 2.64. The number of rotatable bonds is 3. The predicted molar refractivity (Wildman–Crippen MR) is 82.5 cm³/mol. The lowest BCUT2D eigenvalue weighted by Gasteiger charge is -2.11. The Bertz CT molecular complexity index is 551. The number of halogens is 1. The first-order chi connectivity index (χ1) is 8.22. The van der Waals surface area contributed by atoms with Gasteiger partial charge in [0.1, 0.15) is 0 Å². The van der Waals surface area contributed by atoms with E-state index in [-0.39, 0.29) is 17.9 Å². The molecule has 1 unspecified atom stereocenters. The molecule has 0 saturated carbocycles. The highest BCUT2D eigenvalue weighted by Crippen LogP contribution is 2.19. The summed E-state index contributed by atoms with van der Waals surface area (Å²) in [7, 11) is 2.01. The molecule has 0 fully saturated rings. The fourth-order valence-corrected chi connectivity index (χ4v) is 2.75. The molecule has 0 aliphatic rings. The Kier molecular flexibility index (Phi) is 7.44. The minimum absolute atomic E-state index is 0. The average Bonchev–Trinajstić information content (AvgIpc) is 2.71. The van der Waals surface area contributed by atoms with Crippen LogP contribution in [0.5, 0.6) is 0 Å². The van der Waals surface area contributed by atoms with E-state index in [2.05, 4.69) is 46.2 Å². The zero-order valence-electron chi connectivity index (χ0n) is 11.0. The monoisotopic (exact) mass is 301 g/mol. The molecule has 0 bridgehead atoms. The van der Waals surface area contributed by atoms with Gasteiger partial charge in [0.2, 0.25) is 4.80 Å². The number of nitrogens with zero attached hydrogens (tertiary/aromatic N) is 2. The summed E-state index contributed by atoms with van der Waals surface area (Å²) in [6.45, 7) is 2.24. The molecule has 0 aliphatic carbocycles. The van der Waals surface area contributed by atoms with Crippen molar-refractivity contribution in [2.75, 3.05) is 0 Å². The Labute approximate surface area is 123 Å². The molecular weight excluding hydrogens is 282 g/mol. The van der Waals surface area contributed by atoms with E-state index in [4.69, 9.17) is 5.84 Å². The third-order valence-electron chi connectivity index (χ3n) is 3.01. The number of aromatic nitrogens is 1. The van der Waals surface area contributed by atoms with Crippen molar-refractivity contribution >= 4 is 23.7 Å². The Morgan fingerprint density at radius 1 is 1.32 bits per heavy atom. The van der Waals surface area contributed by atoms with Crippen molar-refractivity contribution in [3.63, 3.8) is 0 Å².